The summed E-state index contributed by atoms with van der Waals surface area (Å²) >= 11 is 0. The average molecular weight is 326 g/mol. The zero-order valence-electron chi connectivity index (χ0n) is 14.9. The fraction of sp³-hybridized carbons (Fsp3) is 0.947. The van der Waals surface area contributed by atoms with Crippen molar-refractivity contribution < 1.29 is 19.0 Å². The van der Waals surface area contributed by atoms with E-state index >= 15 is 0 Å². The Morgan fingerprint density at radius 3 is 2.48 bits per heavy atom. The largest absolute Gasteiger partial charge is 0.462 e. The van der Waals surface area contributed by atoms with E-state index < -0.39 is 0 Å². The van der Waals surface area contributed by atoms with Gasteiger partial charge >= 0.3 is 5.97 Å². The molecule has 4 nitrogen and oxygen atoms in total. The number of esters is 1. The number of ether oxygens (including phenoxy) is 3. The smallest absolute Gasteiger partial charge is 0.309 e. The number of carbonyl (C=O) groups is 1. The number of unbranched alkanes of at least 4 members (excludes halogenated alkanes) is 3. The predicted octanol–water partition coefficient (Wildman–Crippen LogP) is 4.25. The number of hydrogen-bond donors (Lipinski definition) is 0. The molecule has 0 amide bonds. The van der Waals surface area contributed by atoms with Crippen LogP contribution in [0.1, 0.15) is 78.1 Å². The van der Waals surface area contributed by atoms with Gasteiger partial charge in [-0.1, -0.05) is 26.2 Å². The predicted molar refractivity (Wildman–Crippen MR) is 90.4 cm³/mol. The molecule has 1 heterocycles. The maximum atomic E-state index is 12.0. The van der Waals surface area contributed by atoms with Gasteiger partial charge in [0.25, 0.3) is 0 Å². The van der Waals surface area contributed by atoms with Gasteiger partial charge in [-0.05, 0) is 51.9 Å². The Kier molecular flexibility index (Phi) is 8.38. The zero-order valence-corrected chi connectivity index (χ0v) is 14.9. The molecule has 2 aliphatic rings. The van der Waals surface area contributed by atoms with Crippen LogP contribution in [0.5, 0.6) is 0 Å². The Bertz CT molecular complexity index is 332. The molecule has 4 heteroatoms. The molecule has 2 unspecified atom stereocenters. The van der Waals surface area contributed by atoms with Crippen molar-refractivity contribution in [2.24, 2.45) is 5.92 Å². The van der Waals surface area contributed by atoms with Gasteiger partial charge in [0, 0.05) is 6.61 Å². The molecule has 1 aliphatic heterocycles. The molecule has 0 N–H and O–H groups in total. The van der Waals surface area contributed by atoms with Gasteiger partial charge in [-0.25, -0.2) is 0 Å². The number of rotatable bonds is 11. The lowest BCUT2D eigenvalue weighted by Crippen LogP contribution is -2.29. The molecule has 1 aliphatic carbocycles. The summed E-state index contributed by atoms with van der Waals surface area (Å²) in [7, 11) is 0. The van der Waals surface area contributed by atoms with E-state index in [2.05, 4.69) is 0 Å². The summed E-state index contributed by atoms with van der Waals surface area (Å²) in [5, 5.41) is 0. The summed E-state index contributed by atoms with van der Waals surface area (Å²) in [6.07, 6.45) is 11.9. The summed E-state index contributed by atoms with van der Waals surface area (Å²) < 4.78 is 16.6. The van der Waals surface area contributed by atoms with Gasteiger partial charge in [0.15, 0.2) is 0 Å². The van der Waals surface area contributed by atoms with Gasteiger partial charge in [0.1, 0.15) is 0 Å². The van der Waals surface area contributed by atoms with E-state index in [0.29, 0.717) is 12.2 Å². The highest BCUT2D eigenvalue weighted by Gasteiger charge is 2.28. The van der Waals surface area contributed by atoms with E-state index in [1.54, 1.807) is 0 Å². The molecule has 0 aromatic rings. The molecule has 0 bridgehead atoms. The standard InChI is InChI=1S/C19H34O4/c1-3-15(2)23-19(20)16-9-11-17(12-10-16)21-13-7-5-4-6-8-18-14-22-18/h15-18H,3-14H2,1-2H3. The molecule has 1 saturated heterocycles. The minimum Gasteiger partial charge on any atom is -0.462 e. The second-order valence-corrected chi connectivity index (χ2v) is 7.16. The van der Waals surface area contributed by atoms with Gasteiger partial charge in [0.05, 0.1) is 30.8 Å². The number of carbonyl (C=O) groups excluding carboxylic acids is 1. The summed E-state index contributed by atoms with van der Waals surface area (Å²) in [6.45, 7) is 5.86. The minimum absolute atomic E-state index is 0.00237. The summed E-state index contributed by atoms with van der Waals surface area (Å²) in [4.78, 5) is 12.0. The van der Waals surface area contributed by atoms with Gasteiger partial charge in [-0.15, -0.1) is 0 Å². The number of epoxide rings is 1. The van der Waals surface area contributed by atoms with Crippen molar-refractivity contribution in [1.82, 2.24) is 0 Å². The molecule has 1 saturated carbocycles. The lowest BCUT2D eigenvalue weighted by Gasteiger charge is -2.28. The van der Waals surface area contributed by atoms with E-state index in [4.69, 9.17) is 14.2 Å². The third kappa shape index (κ3) is 7.67. The Balaban J connectivity index is 1.45. The first-order valence-corrected chi connectivity index (χ1v) is 9.62. The zero-order chi connectivity index (χ0) is 16.5. The Labute approximate surface area is 141 Å². The van der Waals surface area contributed by atoms with Crippen molar-refractivity contribution in [3.8, 4) is 0 Å². The molecular formula is C19H34O4. The highest BCUT2D eigenvalue weighted by atomic mass is 16.6. The molecule has 2 rings (SSSR count). The molecule has 2 fully saturated rings. The van der Waals surface area contributed by atoms with Crippen LogP contribution in [-0.4, -0.2) is 37.5 Å². The fourth-order valence-electron chi connectivity index (χ4n) is 3.16. The van der Waals surface area contributed by atoms with E-state index in [0.717, 1.165) is 51.7 Å². The van der Waals surface area contributed by atoms with Crippen LogP contribution in [0, 0.1) is 5.92 Å². The van der Waals surface area contributed by atoms with Crippen LogP contribution < -0.4 is 0 Å². The van der Waals surface area contributed by atoms with Gasteiger partial charge in [0.2, 0.25) is 0 Å². The van der Waals surface area contributed by atoms with Crippen molar-refractivity contribution >= 4 is 5.97 Å². The first-order chi connectivity index (χ1) is 11.2. The summed E-state index contributed by atoms with van der Waals surface area (Å²) in [5.41, 5.74) is 0. The van der Waals surface area contributed by atoms with Crippen LogP contribution >= 0.6 is 0 Å². The highest BCUT2D eigenvalue weighted by Crippen LogP contribution is 2.28. The number of hydrogen-bond acceptors (Lipinski definition) is 4. The third-order valence-electron chi connectivity index (χ3n) is 5.08. The van der Waals surface area contributed by atoms with Crippen molar-refractivity contribution in [2.75, 3.05) is 13.2 Å². The molecular weight excluding hydrogens is 292 g/mol. The third-order valence-corrected chi connectivity index (χ3v) is 5.08. The molecule has 2 atom stereocenters. The van der Waals surface area contributed by atoms with Crippen molar-refractivity contribution in [3.05, 3.63) is 0 Å². The van der Waals surface area contributed by atoms with Crippen LogP contribution in [0.4, 0.5) is 0 Å². The molecule has 23 heavy (non-hydrogen) atoms. The SMILES string of the molecule is CCC(C)OC(=O)C1CCC(OCCCCCCC2CO2)CC1. The lowest BCUT2D eigenvalue weighted by atomic mass is 9.87. The maximum absolute atomic E-state index is 12.0. The van der Waals surface area contributed by atoms with Gasteiger partial charge in [-0.3, -0.25) is 4.79 Å². The quantitative estimate of drug-likeness (QED) is 0.323. The first-order valence-electron chi connectivity index (χ1n) is 9.62. The summed E-state index contributed by atoms with van der Waals surface area (Å²) in [5.74, 6) is 0.0888. The van der Waals surface area contributed by atoms with Crippen molar-refractivity contribution in [1.29, 1.82) is 0 Å². The molecule has 0 radical (unpaired) electrons. The normalized spacial score (nSPS) is 28.3. The van der Waals surface area contributed by atoms with Gasteiger partial charge in [-0.2, -0.15) is 0 Å². The Hall–Kier alpha value is -0.610. The van der Waals surface area contributed by atoms with E-state index in [1.165, 1.54) is 25.7 Å². The van der Waals surface area contributed by atoms with Crippen molar-refractivity contribution in [3.63, 3.8) is 0 Å². The maximum Gasteiger partial charge on any atom is 0.309 e. The van der Waals surface area contributed by atoms with Crippen LogP contribution in [0.25, 0.3) is 0 Å². The Morgan fingerprint density at radius 2 is 1.83 bits per heavy atom. The van der Waals surface area contributed by atoms with Crippen LogP contribution in [-0.2, 0) is 19.0 Å². The topological polar surface area (TPSA) is 48.1 Å². The average Bonchev–Trinajstić information content (AvgIpc) is 3.38. The monoisotopic (exact) mass is 326 g/mol. The van der Waals surface area contributed by atoms with Crippen LogP contribution in [0.15, 0.2) is 0 Å². The highest BCUT2D eigenvalue weighted by molar-refractivity contribution is 5.72. The van der Waals surface area contributed by atoms with Crippen LogP contribution in [0.3, 0.4) is 0 Å². The fourth-order valence-corrected chi connectivity index (χ4v) is 3.16. The molecule has 134 valence electrons. The summed E-state index contributed by atoms with van der Waals surface area (Å²) in [6, 6.07) is 0. The molecule has 0 aromatic carbocycles. The lowest BCUT2D eigenvalue weighted by molar-refractivity contribution is -0.155. The van der Waals surface area contributed by atoms with E-state index in [1.807, 2.05) is 13.8 Å². The Morgan fingerprint density at radius 1 is 1.13 bits per heavy atom. The second-order valence-electron chi connectivity index (χ2n) is 7.16. The van der Waals surface area contributed by atoms with E-state index in [9.17, 15) is 4.79 Å². The van der Waals surface area contributed by atoms with E-state index in [-0.39, 0.29) is 18.0 Å². The van der Waals surface area contributed by atoms with Crippen LogP contribution in [0.2, 0.25) is 0 Å². The molecule has 0 aromatic heterocycles. The van der Waals surface area contributed by atoms with Crippen molar-refractivity contribution in [2.45, 2.75) is 96.4 Å². The first kappa shape index (κ1) is 18.7. The second kappa shape index (κ2) is 10.3. The van der Waals surface area contributed by atoms with Gasteiger partial charge < -0.3 is 14.2 Å². The minimum atomic E-state index is -0.00237. The molecule has 0 spiro atoms.